The third-order valence-corrected chi connectivity index (χ3v) is 8.55. The lowest BCUT2D eigenvalue weighted by Crippen LogP contribution is -2.48. The summed E-state index contributed by atoms with van der Waals surface area (Å²) in [6, 6.07) is 12.8. The first-order valence-electron chi connectivity index (χ1n) is 13.6. The van der Waals surface area contributed by atoms with Crippen molar-refractivity contribution < 1.29 is 14.6 Å². The van der Waals surface area contributed by atoms with Crippen LogP contribution in [0.25, 0.3) is 0 Å². The monoisotopic (exact) mass is 545 g/mol. The van der Waals surface area contributed by atoms with Crippen LogP contribution in [0.4, 0.5) is 5.69 Å². The molecule has 2 N–H and O–H groups in total. The number of aliphatic hydroxyl groups is 1. The minimum Gasteiger partial charge on any atom is -0.489 e. The lowest BCUT2D eigenvalue weighted by molar-refractivity contribution is -0.126. The molecule has 0 bridgehead atoms. The first-order valence-corrected chi connectivity index (χ1v) is 14.4. The Morgan fingerprint density at radius 2 is 1.73 bits per heavy atom. The molecule has 2 aromatic carbocycles. The van der Waals surface area contributed by atoms with Gasteiger partial charge in [-0.25, -0.2) is 0 Å². The highest BCUT2D eigenvalue weighted by atomic mass is 35.5. The largest absolute Gasteiger partial charge is 0.489 e. The van der Waals surface area contributed by atoms with E-state index in [9.17, 15) is 9.90 Å². The summed E-state index contributed by atoms with van der Waals surface area (Å²) in [5.74, 6) is 0.527. The summed E-state index contributed by atoms with van der Waals surface area (Å²) in [7, 11) is 0. The number of hydrogen-bond acceptors (Lipinski definition) is 5. The fourth-order valence-electron chi connectivity index (χ4n) is 5.84. The summed E-state index contributed by atoms with van der Waals surface area (Å²) in [6.45, 7) is 4.05. The number of ether oxygens (including phenoxy) is 1. The average molecular weight is 547 g/mol. The van der Waals surface area contributed by atoms with Gasteiger partial charge in [-0.2, -0.15) is 0 Å². The van der Waals surface area contributed by atoms with Gasteiger partial charge in [0.05, 0.1) is 23.1 Å². The van der Waals surface area contributed by atoms with Crippen molar-refractivity contribution in [3.63, 3.8) is 0 Å². The first-order chi connectivity index (χ1) is 18.0. The topological polar surface area (TPSA) is 65.0 Å². The van der Waals surface area contributed by atoms with Crippen molar-refractivity contribution in [3.8, 4) is 5.75 Å². The zero-order valence-corrected chi connectivity index (χ0v) is 22.8. The van der Waals surface area contributed by atoms with Crippen LogP contribution in [0.3, 0.4) is 0 Å². The summed E-state index contributed by atoms with van der Waals surface area (Å²) in [6.07, 6.45) is 6.92. The van der Waals surface area contributed by atoms with Crippen molar-refractivity contribution in [2.24, 2.45) is 5.92 Å². The van der Waals surface area contributed by atoms with E-state index in [0.29, 0.717) is 34.4 Å². The molecule has 2 saturated heterocycles. The van der Waals surface area contributed by atoms with Crippen LogP contribution in [-0.2, 0) is 4.79 Å². The summed E-state index contributed by atoms with van der Waals surface area (Å²) in [5.41, 5.74) is 1.77. The van der Waals surface area contributed by atoms with Gasteiger partial charge in [-0.3, -0.25) is 4.79 Å². The van der Waals surface area contributed by atoms with Gasteiger partial charge in [0.2, 0.25) is 5.91 Å². The van der Waals surface area contributed by atoms with Crippen molar-refractivity contribution in [3.05, 3.63) is 58.1 Å². The Labute approximate surface area is 229 Å². The number of likely N-dealkylation sites (tertiary alicyclic amines) is 1. The molecule has 3 aliphatic rings. The number of carbonyl (C=O) groups is 1. The quantitative estimate of drug-likeness (QED) is 0.438. The van der Waals surface area contributed by atoms with Gasteiger partial charge in [-0.15, -0.1) is 0 Å². The van der Waals surface area contributed by atoms with Crippen LogP contribution in [0.1, 0.15) is 56.6 Å². The Morgan fingerprint density at radius 1 is 1.00 bits per heavy atom. The number of rotatable bonds is 9. The lowest BCUT2D eigenvalue weighted by atomic mass is 10.00. The van der Waals surface area contributed by atoms with Gasteiger partial charge in [-0.1, -0.05) is 29.3 Å². The van der Waals surface area contributed by atoms with E-state index in [4.69, 9.17) is 27.9 Å². The first kappa shape index (κ1) is 26.6. The second kappa shape index (κ2) is 12.2. The van der Waals surface area contributed by atoms with Crippen LogP contribution >= 0.6 is 23.2 Å². The molecule has 3 atom stereocenters. The highest BCUT2D eigenvalue weighted by Crippen LogP contribution is 2.33. The van der Waals surface area contributed by atoms with Gasteiger partial charge < -0.3 is 25.0 Å². The number of nitrogens with zero attached hydrogens (tertiary/aromatic N) is 2. The Morgan fingerprint density at radius 3 is 2.43 bits per heavy atom. The van der Waals surface area contributed by atoms with Gasteiger partial charge in [0, 0.05) is 30.3 Å². The summed E-state index contributed by atoms with van der Waals surface area (Å²) >= 11 is 12.6. The molecule has 37 heavy (non-hydrogen) atoms. The van der Waals surface area contributed by atoms with Gasteiger partial charge in [0.15, 0.2) is 0 Å². The van der Waals surface area contributed by atoms with Gasteiger partial charge in [-0.05, 0) is 100.0 Å². The molecule has 2 heterocycles. The normalized spacial score (nSPS) is 22.4. The van der Waals surface area contributed by atoms with Gasteiger partial charge in [0.25, 0.3) is 0 Å². The Bertz CT molecular complexity index is 1050. The molecular formula is C29H37Cl2N3O3. The number of halogens is 2. The van der Waals surface area contributed by atoms with Crippen LogP contribution in [0.15, 0.2) is 42.5 Å². The third kappa shape index (κ3) is 6.72. The molecule has 200 valence electrons. The van der Waals surface area contributed by atoms with Crippen molar-refractivity contribution >= 4 is 34.8 Å². The van der Waals surface area contributed by atoms with Crippen LogP contribution in [0.5, 0.6) is 5.75 Å². The third-order valence-electron chi connectivity index (χ3n) is 8.01. The molecule has 1 unspecified atom stereocenters. The van der Waals surface area contributed by atoms with Crippen LogP contribution in [0, 0.1) is 5.92 Å². The molecule has 0 aromatic heterocycles. The summed E-state index contributed by atoms with van der Waals surface area (Å²) in [4.78, 5) is 17.9. The molecule has 1 amide bonds. The van der Waals surface area contributed by atoms with Gasteiger partial charge >= 0.3 is 0 Å². The van der Waals surface area contributed by atoms with E-state index in [1.807, 2.05) is 36.4 Å². The van der Waals surface area contributed by atoms with E-state index in [-0.39, 0.29) is 17.9 Å². The zero-order chi connectivity index (χ0) is 25.8. The number of hydrogen-bond donors (Lipinski definition) is 2. The van der Waals surface area contributed by atoms with Crippen LogP contribution in [-0.4, -0.2) is 60.8 Å². The molecule has 1 aliphatic carbocycles. The minimum absolute atomic E-state index is 0.00741. The summed E-state index contributed by atoms with van der Waals surface area (Å²) in [5, 5.41) is 15.8. The van der Waals surface area contributed by atoms with E-state index in [2.05, 4.69) is 15.1 Å². The van der Waals surface area contributed by atoms with Crippen molar-refractivity contribution in [1.29, 1.82) is 0 Å². The summed E-state index contributed by atoms with van der Waals surface area (Å²) < 4.78 is 6.09. The number of anilines is 1. The molecule has 8 heteroatoms. The molecular weight excluding hydrogens is 509 g/mol. The second-order valence-corrected chi connectivity index (χ2v) is 11.5. The molecule has 1 saturated carbocycles. The predicted molar refractivity (Wildman–Crippen MR) is 149 cm³/mol. The van der Waals surface area contributed by atoms with Gasteiger partial charge in [0.1, 0.15) is 11.9 Å². The van der Waals surface area contributed by atoms with E-state index in [0.717, 1.165) is 57.4 Å². The highest BCUT2D eigenvalue weighted by molar-refractivity contribution is 6.32. The molecule has 3 fully saturated rings. The Balaban J connectivity index is 1.25. The average Bonchev–Trinajstić information content (AvgIpc) is 3.68. The van der Waals surface area contributed by atoms with E-state index >= 15 is 0 Å². The fourth-order valence-corrected chi connectivity index (χ4v) is 6.20. The predicted octanol–water partition coefficient (Wildman–Crippen LogP) is 5.46. The molecule has 0 spiro atoms. The Kier molecular flexibility index (Phi) is 8.81. The number of aliphatic hydroxyl groups excluding tert-OH is 1. The molecule has 2 aromatic rings. The minimum atomic E-state index is -0.864. The maximum Gasteiger partial charge on any atom is 0.225 e. The van der Waals surface area contributed by atoms with Crippen molar-refractivity contribution in [1.82, 2.24) is 10.2 Å². The number of nitrogens with one attached hydrogen (secondary N) is 1. The van der Waals surface area contributed by atoms with E-state index in [1.54, 1.807) is 6.07 Å². The standard InChI is InChI=1S/C29H37Cl2N3O3/c30-22-8-10-23(11-9-22)34-16-13-21(18-34)29(36)32-26(19-33-14-3-4-15-33)28(35)20-7-12-27(25(31)17-20)37-24-5-1-2-6-24/h7-12,17,21,24,26,28,35H,1-6,13-16,18-19H2,(H,32,36)/t21-,26-,28?/m1/s1. The fraction of sp³-hybridized carbons (Fsp3) is 0.552. The molecule has 2 aliphatic heterocycles. The van der Waals surface area contributed by atoms with E-state index < -0.39 is 12.1 Å². The number of benzene rings is 2. The van der Waals surface area contributed by atoms with Crippen LogP contribution in [0.2, 0.25) is 10.0 Å². The maximum atomic E-state index is 13.4. The molecule has 0 radical (unpaired) electrons. The number of carbonyl (C=O) groups excluding carboxylic acids is 1. The van der Waals surface area contributed by atoms with Crippen molar-refractivity contribution in [2.75, 3.05) is 37.6 Å². The lowest BCUT2D eigenvalue weighted by Gasteiger charge is -2.30. The highest BCUT2D eigenvalue weighted by Gasteiger charge is 2.33. The molecule has 6 nitrogen and oxygen atoms in total. The smallest absolute Gasteiger partial charge is 0.225 e. The number of amides is 1. The van der Waals surface area contributed by atoms with Crippen molar-refractivity contribution in [2.45, 2.75) is 63.2 Å². The maximum absolute atomic E-state index is 13.4. The van der Waals surface area contributed by atoms with Crippen LogP contribution < -0.4 is 15.0 Å². The molecule has 5 rings (SSSR count). The Hall–Kier alpha value is -1.99. The van der Waals surface area contributed by atoms with E-state index in [1.165, 1.54) is 12.8 Å². The SMILES string of the molecule is O=C(N[C@H](CN1CCCC1)C(O)c1ccc(OC2CCCC2)c(Cl)c1)[C@@H]1CCN(c2ccc(Cl)cc2)C1. The second-order valence-electron chi connectivity index (χ2n) is 10.7. The zero-order valence-electron chi connectivity index (χ0n) is 21.3.